The van der Waals surface area contributed by atoms with Crippen molar-refractivity contribution in [3.05, 3.63) is 53.6 Å². The van der Waals surface area contributed by atoms with Crippen molar-refractivity contribution in [2.24, 2.45) is 5.92 Å². The SMILES string of the molecule is CCc1cccc(C)c1Nc1ccc(NC(=O)C2CC2)cc1. The molecule has 0 radical (unpaired) electrons. The van der Waals surface area contributed by atoms with Crippen LogP contribution in [0.3, 0.4) is 0 Å². The van der Waals surface area contributed by atoms with Gasteiger partial charge in [-0.25, -0.2) is 0 Å². The van der Waals surface area contributed by atoms with Gasteiger partial charge < -0.3 is 10.6 Å². The zero-order chi connectivity index (χ0) is 15.5. The van der Waals surface area contributed by atoms with Crippen molar-refractivity contribution >= 4 is 23.0 Å². The lowest BCUT2D eigenvalue weighted by molar-refractivity contribution is -0.117. The summed E-state index contributed by atoms with van der Waals surface area (Å²) < 4.78 is 0. The number of nitrogens with one attached hydrogen (secondary N) is 2. The summed E-state index contributed by atoms with van der Waals surface area (Å²) in [6.07, 6.45) is 3.05. The quantitative estimate of drug-likeness (QED) is 0.842. The van der Waals surface area contributed by atoms with Gasteiger partial charge in [-0.1, -0.05) is 25.1 Å². The Labute approximate surface area is 131 Å². The van der Waals surface area contributed by atoms with Crippen molar-refractivity contribution in [2.45, 2.75) is 33.1 Å². The molecule has 1 amide bonds. The maximum Gasteiger partial charge on any atom is 0.227 e. The minimum Gasteiger partial charge on any atom is -0.355 e. The molecule has 22 heavy (non-hydrogen) atoms. The normalized spacial score (nSPS) is 13.7. The number of aryl methyl sites for hydroxylation is 2. The van der Waals surface area contributed by atoms with Crippen LogP contribution in [0.5, 0.6) is 0 Å². The van der Waals surface area contributed by atoms with E-state index in [9.17, 15) is 4.79 Å². The molecule has 2 aromatic rings. The number of rotatable bonds is 5. The Bertz CT molecular complexity index is 672. The van der Waals surface area contributed by atoms with Crippen molar-refractivity contribution in [2.75, 3.05) is 10.6 Å². The third-order valence-electron chi connectivity index (χ3n) is 4.11. The van der Waals surface area contributed by atoms with Gasteiger partial charge in [-0.3, -0.25) is 4.79 Å². The van der Waals surface area contributed by atoms with Gasteiger partial charge in [0.25, 0.3) is 0 Å². The van der Waals surface area contributed by atoms with Crippen LogP contribution in [-0.2, 0) is 11.2 Å². The second-order valence-corrected chi connectivity index (χ2v) is 5.93. The summed E-state index contributed by atoms with van der Waals surface area (Å²) >= 11 is 0. The van der Waals surface area contributed by atoms with E-state index in [2.05, 4.69) is 42.7 Å². The molecule has 114 valence electrons. The number of para-hydroxylation sites is 1. The number of carbonyl (C=O) groups excluding carboxylic acids is 1. The molecular weight excluding hydrogens is 272 g/mol. The van der Waals surface area contributed by atoms with Gasteiger partial charge in [0.2, 0.25) is 5.91 Å². The highest BCUT2D eigenvalue weighted by Gasteiger charge is 2.29. The topological polar surface area (TPSA) is 41.1 Å². The predicted octanol–water partition coefficient (Wildman–Crippen LogP) is 4.65. The fraction of sp³-hybridized carbons (Fsp3) is 0.316. The second kappa shape index (κ2) is 6.22. The van der Waals surface area contributed by atoms with E-state index in [0.717, 1.165) is 30.6 Å². The van der Waals surface area contributed by atoms with Gasteiger partial charge in [0.1, 0.15) is 0 Å². The van der Waals surface area contributed by atoms with Gasteiger partial charge in [-0.15, -0.1) is 0 Å². The fourth-order valence-corrected chi connectivity index (χ4v) is 2.57. The summed E-state index contributed by atoms with van der Waals surface area (Å²) in [7, 11) is 0. The van der Waals surface area contributed by atoms with E-state index in [0.29, 0.717) is 0 Å². The largest absolute Gasteiger partial charge is 0.355 e. The van der Waals surface area contributed by atoms with Gasteiger partial charge >= 0.3 is 0 Å². The minimum absolute atomic E-state index is 0.146. The summed E-state index contributed by atoms with van der Waals surface area (Å²) in [6.45, 7) is 4.28. The molecule has 3 nitrogen and oxygen atoms in total. The lowest BCUT2D eigenvalue weighted by Crippen LogP contribution is -2.13. The first-order chi connectivity index (χ1) is 10.7. The summed E-state index contributed by atoms with van der Waals surface area (Å²) in [6, 6.07) is 14.3. The number of hydrogen-bond acceptors (Lipinski definition) is 2. The number of benzene rings is 2. The van der Waals surface area contributed by atoms with Crippen LogP contribution in [0.15, 0.2) is 42.5 Å². The molecule has 0 saturated heterocycles. The summed E-state index contributed by atoms with van der Waals surface area (Å²) in [5.41, 5.74) is 5.63. The zero-order valence-electron chi connectivity index (χ0n) is 13.1. The molecule has 0 heterocycles. The summed E-state index contributed by atoms with van der Waals surface area (Å²) in [4.78, 5) is 11.8. The van der Waals surface area contributed by atoms with Crippen molar-refractivity contribution in [3.8, 4) is 0 Å². The number of carbonyl (C=O) groups is 1. The van der Waals surface area contributed by atoms with E-state index >= 15 is 0 Å². The molecule has 1 fully saturated rings. The first-order valence-corrected chi connectivity index (χ1v) is 7.94. The van der Waals surface area contributed by atoms with Gasteiger partial charge in [-0.2, -0.15) is 0 Å². The third kappa shape index (κ3) is 3.30. The smallest absolute Gasteiger partial charge is 0.227 e. The molecule has 0 unspecified atom stereocenters. The Morgan fingerprint density at radius 3 is 2.41 bits per heavy atom. The molecule has 3 heteroatoms. The van der Waals surface area contributed by atoms with Crippen molar-refractivity contribution < 1.29 is 4.79 Å². The van der Waals surface area contributed by atoms with E-state index < -0.39 is 0 Å². The van der Waals surface area contributed by atoms with Crippen LogP contribution < -0.4 is 10.6 Å². The van der Waals surface area contributed by atoms with E-state index in [1.807, 2.05) is 24.3 Å². The van der Waals surface area contributed by atoms with Crippen molar-refractivity contribution in [1.82, 2.24) is 0 Å². The van der Waals surface area contributed by atoms with Crippen LogP contribution in [0, 0.1) is 12.8 Å². The molecule has 1 aliphatic carbocycles. The van der Waals surface area contributed by atoms with E-state index in [4.69, 9.17) is 0 Å². The van der Waals surface area contributed by atoms with Gasteiger partial charge in [0.05, 0.1) is 0 Å². The zero-order valence-corrected chi connectivity index (χ0v) is 13.1. The van der Waals surface area contributed by atoms with Crippen LogP contribution in [0.2, 0.25) is 0 Å². The number of hydrogen-bond donors (Lipinski definition) is 2. The molecule has 0 aromatic heterocycles. The maximum atomic E-state index is 11.8. The molecule has 2 N–H and O–H groups in total. The average molecular weight is 294 g/mol. The Hall–Kier alpha value is -2.29. The second-order valence-electron chi connectivity index (χ2n) is 5.93. The van der Waals surface area contributed by atoms with Crippen LogP contribution in [0.4, 0.5) is 17.1 Å². The number of amides is 1. The first-order valence-electron chi connectivity index (χ1n) is 7.94. The molecule has 0 bridgehead atoms. The van der Waals surface area contributed by atoms with Crippen LogP contribution in [-0.4, -0.2) is 5.91 Å². The average Bonchev–Trinajstić information content (AvgIpc) is 3.36. The monoisotopic (exact) mass is 294 g/mol. The Morgan fingerprint density at radius 2 is 1.77 bits per heavy atom. The predicted molar refractivity (Wildman–Crippen MR) is 91.6 cm³/mol. The highest BCUT2D eigenvalue weighted by molar-refractivity contribution is 5.94. The van der Waals surface area contributed by atoms with Crippen LogP contribution in [0.25, 0.3) is 0 Å². The Morgan fingerprint density at radius 1 is 1.09 bits per heavy atom. The first kappa shape index (κ1) is 14.6. The highest BCUT2D eigenvalue weighted by Crippen LogP contribution is 2.30. The highest BCUT2D eigenvalue weighted by atomic mass is 16.2. The van der Waals surface area contributed by atoms with Crippen LogP contribution in [0.1, 0.15) is 30.9 Å². The molecule has 2 aromatic carbocycles. The molecule has 0 atom stereocenters. The fourth-order valence-electron chi connectivity index (χ4n) is 2.57. The van der Waals surface area contributed by atoms with Crippen LogP contribution >= 0.6 is 0 Å². The lowest BCUT2D eigenvalue weighted by Gasteiger charge is -2.14. The molecular formula is C19H22N2O. The summed E-state index contributed by atoms with van der Waals surface area (Å²) in [5.74, 6) is 0.379. The minimum atomic E-state index is 0.146. The number of anilines is 3. The third-order valence-corrected chi connectivity index (χ3v) is 4.11. The molecule has 1 aliphatic rings. The van der Waals surface area contributed by atoms with Gasteiger partial charge in [0.15, 0.2) is 0 Å². The van der Waals surface area contributed by atoms with E-state index in [1.165, 1.54) is 16.8 Å². The van der Waals surface area contributed by atoms with E-state index in [1.54, 1.807) is 0 Å². The standard InChI is InChI=1S/C19H22N2O/c1-3-14-6-4-5-13(2)18(14)20-16-9-11-17(12-10-16)21-19(22)15-7-8-15/h4-6,9-12,15,20H,3,7-8H2,1-2H3,(H,21,22). The maximum absolute atomic E-state index is 11.8. The summed E-state index contributed by atoms with van der Waals surface area (Å²) in [5, 5.41) is 6.46. The van der Waals surface area contributed by atoms with Crippen molar-refractivity contribution in [1.29, 1.82) is 0 Å². The van der Waals surface area contributed by atoms with Gasteiger partial charge in [0, 0.05) is 23.0 Å². The Kier molecular flexibility index (Phi) is 4.14. The molecule has 3 rings (SSSR count). The molecule has 0 aliphatic heterocycles. The van der Waals surface area contributed by atoms with Crippen molar-refractivity contribution in [3.63, 3.8) is 0 Å². The lowest BCUT2D eigenvalue weighted by atomic mass is 10.1. The van der Waals surface area contributed by atoms with E-state index in [-0.39, 0.29) is 11.8 Å². The van der Waals surface area contributed by atoms with Gasteiger partial charge in [-0.05, 0) is 61.6 Å². The Balaban J connectivity index is 1.72. The molecule has 0 spiro atoms. The molecule has 1 saturated carbocycles.